The largest absolute Gasteiger partial charge is 0.467 e. The number of hydrogen-bond donors (Lipinski definition) is 3. The molecule has 0 heterocycles. The van der Waals surface area contributed by atoms with Gasteiger partial charge in [-0.3, -0.25) is 0 Å². The minimum Gasteiger partial charge on any atom is -0.467 e. The van der Waals surface area contributed by atoms with E-state index in [1.165, 1.54) is 7.11 Å². The third-order valence-corrected chi connectivity index (χ3v) is 0.868. The normalized spacial score (nSPS) is 6.27. The van der Waals surface area contributed by atoms with E-state index in [-0.39, 0.29) is 29.1 Å². The average molecular weight is 259 g/mol. The summed E-state index contributed by atoms with van der Waals surface area (Å²) in [6.07, 6.45) is 2.04. The van der Waals surface area contributed by atoms with E-state index in [1.807, 2.05) is 0 Å². The van der Waals surface area contributed by atoms with Crippen molar-refractivity contribution in [1.82, 2.24) is 0 Å². The van der Waals surface area contributed by atoms with Crippen LogP contribution in [0.2, 0.25) is 0 Å². The summed E-state index contributed by atoms with van der Waals surface area (Å²) in [4.78, 5) is 9.71. The molecular weight excluding hydrogens is 236 g/mol. The van der Waals surface area contributed by atoms with E-state index in [0.29, 0.717) is 6.61 Å². The van der Waals surface area contributed by atoms with Crippen molar-refractivity contribution in [2.45, 2.75) is 19.8 Å². The first-order chi connectivity index (χ1) is 6.22. The Balaban J connectivity index is -0.0000000344. The molecule has 0 aliphatic carbocycles. The van der Waals surface area contributed by atoms with Gasteiger partial charge in [0.2, 0.25) is 0 Å². The van der Waals surface area contributed by atoms with Gasteiger partial charge in [0.05, 0.1) is 7.11 Å². The maximum absolute atomic E-state index is 9.71. The van der Waals surface area contributed by atoms with E-state index in [0.717, 1.165) is 20.0 Å². The smallest absolute Gasteiger partial charge is 0.331 e. The van der Waals surface area contributed by atoms with Crippen LogP contribution in [0.15, 0.2) is 0 Å². The van der Waals surface area contributed by atoms with E-state index < -0.39 is 12.6 Å². The Kier molecular flexibility index (Phi) is 72.4. The topological polar surface area (TPSA) is 87.0 Å². The summed E-state index contributed by atoms with van der Waals surface area (Å²) < 4.78 is 4.01. The van der Waals surface area contributed by atoms with Gasteiger partial charge in [-0.25, -0.2) is 4.79 Å². The molecule has 0 saturated heterocycles. The SMILES string of the molecule is CCCCO.CO.COC(=O)CO.[CH3-].[Ti]. The summed E-state index contributed by atoms with van der Waals surface area (Å²) in [6, 6.07) is 0. The van der Waals surface area contributed by atoms with Crippen LogP contribution < -0.4 is 0 Å². The Labute approximate surface area is 107 Å². The Bertz CT molecular complexity index is 82.6. The fraction of sp³-hybridized carbons (Fsp3) is 0.778. The molecule has 0 saturated carbocycles. The molecular formula is C9H23O5Ti-. The standard InChI is InChI=1S/C4H10O.C3H6O3.CH4O.CH3.Ti/c1-2-3-4-5;1-6-3(5)2-4;1-2;;/h5H,2-4H2,1H3;4H,2H2,1H3;2H,1H3;1H3;/q;;;-1;. The third kappa shape index (κ3) is 55.7. The summed E-state index contributed by atoms with van der Waals surface area (Å²) in [5.41, 5.74) is 0. The number of carbonyl (C=O) groups is 1. The van der Waals surface area contributed by atoms with Crippen LogP contribution in [-0.4, -0.2) is 48.7 Å². The van der Waals surface area contributed by atoms with Gasteiger partial charge in [0.15, 0.2) is 0 Å². The summed E-state index contributed by atoms with van der Waals surface area (Å²) in [5, 5.41) is 22.9. The van der Waals surface area contributed by atoms with Crippen LogP contribution in [0.4, 0.5) is 0 Å². The minimum atomic E-state index is -0.602. The van der Waals surface area contributed by atoms with Crippen LogP contribution in [-0.2, 0) is 31.2 Å². The molecule has 0 bridgehead atoms. The zero-order chi connectivity index (χ0) is 11.1. The molecule has 0 aliphatic heterocycles. The van der Waals surface area contributed by atoms with Crippen molar-refractivity contribution >= 4 is 5.97 Å². The van der Waals surface area contributed by atoms with Crippen LogP contribution in [0.3, 0.4) is 0 Å². The molecule has 0 amide bonds. The summed E-state index contributed by atoms with van der Waals surface area (Å²) in [5.74, 6) is -0.602. The molecule has 3 N–H and O–H groups in total. The van der Waals surface area contributed by atoms with Crippen molar-refractivity contribution in [3.63, 3.8) is 0 Å². The van der Waals surface area contributed by atoms with Crippen LogP contribution in [0.25, 0.3) is 0 Å². The van der Waals surface area contributed by atoms with Gasteiger partial charge < -0.3 is 27.5 Å². The quantitative estimate of drug-likeness (QED) is 0.377. The number of aliphatic hydroxyl groups is 3. The fourth-order valence-electron chi connectivity index (χ4n) is 0.223. The number of ether oxygens (including phenoxy) is 1. The van der Waals surface area contributed by atoms with E-state index in [4.69, 9.17) is 15.3 Å². The molecule has 94 valence electrons. The first kappa shape index (κ1) is 29.4. The number of hydrogen-bond acceptors (Lipinski definition) is 5. The van der Waals surface area contributed by atoms with Crippen molar-refractivity contribution in [1.29, 1.82) is 0 Å². The molecule has 0 atom stereocenters. The molecule has 15 heavy (non-hydrogen) atoms. The number of esters is 1. The Hall–Kier alpha value is 0.0643. The van der Waals surface area contributed by atoms with Gasteiger partial charge in [0, 0.05) is 35.4 Å². The van der Waals surface area contributed by atoms with Crippen molar-refractivity contribution < 1.29 is 46.6 Å². The fourth-order valence-corrected chi connectivity index (χ4v) is 0.223. The molecule has 0 unspecified atom stereocenters. The molecule has 0 aromatic heterocycles. The Morgan fingerprint density at radius 2 is 1.67 bits per heavy atom. The van der Waals surface area contributed by atoms with Crippen LogP contribution in [0.5, 0.6) is 0 Å². The summed E-state index contributed by atoms with van der Waals surface area (Å²) in [6.45, 7) is 1.86. The summed E-state index contributed by atoms with van der Waals surface area (Å²) >= 11 is 0. The summed E-state index contributed by atoms with van der Waals surface area (Å²) in [7, 11) is 2.22. The number of methoxy groups -OCH3 is 1. The maximum atomic E-state index is 9.71. The van der Waals surface area contributed by atoms with Crippen LogP contribution >= 0.6 is 0 Å². The van der Waals surface area contributed by atoms with Gasteiger partial charge in [0.1, 0.15) is 6.61 Å². The molecule has 5 nitrogen and oxygen atoms in total. The zero-order valence-electron chi connectivity index (χ0n) is 9.99. The second kappa shape index (κ2) is 36.9. The van der Waals surface area contributed by atoms with Crippen LogP contribution in [0.1, 0.15) is 19.8 Å². The molecule has 0 rings (SSSR count). The molecule has 0 aromatic rings. The van der Waals surface area contributed by atoms with Crippen molar-refractivity contribution in [3.05, 3.63) is 7.43 Å². The van der Waals surface area contributed by atoms with Gasteiger partial charge in [-0.05, 0) is 6.42 Å². The number of aliphatic hydroxyl groups excluding tert-OH is 3. The molecule has 0 aliphatic rings. The van der Waals surface area contributed by atoms with Crippen LogP contribution in [0, 0.1) is 7.43 Å². The zero-order valence-corrected chi connectivity index (χ0v) is 11.5. The van der Waals surface area contributed by atoms with Crippen molar-refractivity contribution in [2.75, 3.05) is 27.4 Å². The molecule has 6 heteroatoms. The van der Waals surface area contributed by atoms with Gasteiger partial charge in [-0.15, -0.1) is 0 Å². The molecule has 0 radical (unpaired) electrons. The molecule has 0 fully saturated rings. The van der Waals surface area contributed by atoms with E-state index in [2.05, 4.69) is 11.7 Å². The predicted molar refractivity (Wildman–Crippen MR) is 55.7 cm³/mol. The van der Waals surface area contributed by atoms with Gasteiger partial charge in [0.25, 0.3) is 0 Å². The maximum Gasteiger partial charge on any atom is 0.331 e. The Morgan fingerprint density at radius 1 is 1.27 bits per heavy atom. The molecule has 0 aromatic carbocycles. The first-order valence-corrected chi connectivity index (χ1v) is 3.96. The van der Waals surface area contributed by atoms with Crippen molar-refractivity contribution in [3.8, 4) is 0 Å². The van der Waals surface area contributed by atoms with E-state index in [1.54, 1.807) is 0 Å². The predicted octanol–water partition coefficient (Wildman–Crippen LogP) is -0.0132. The van der Waals surface area contributed by atoms with Gasteiger partial charge >= 0.3 is 5.97 Å². The first-order valence-electron chi connectivity index (χ1n) is 3.96. The minimum absolute atomic E-state index is 0. The average Bonchev–Trinajstić information content (AvgIpc) is 2.22. The second-order valence-electron chi connectivity index (χ2n) is 1.81. The van der Waals surface area contributed by atoms with Crippen molar-refractivity contribution in [2.24, 2.45) is 0 Å². The number of rotatable bonds is 3. The van der Waals surface area contributed by atoms with E-state index >= 15 is 0 Å². The third-order valence-electron chi connectivity index (χ3n) is 0.868. The molecule has 0 spiro atoms. The number of unbranched alkanes of at least 4 members (excludes halogenated alkanes) is 1. The Morgan fingerprint density at radius 3 is 1.67 bits per heavy atom. The van der Waals surface area contributed by atoms with Gasteiger partial charge in [-0.2, -0.15) is 0 Å². The van der Waals surface area contributed by atoms with Gasteiger partial charge in [-0.1, -0.05) is 13.3 Å². The number of carbonyl (C=O) groups excluding carboxylic acids is 1. The second-order valence-corrected chi connectivity index (χ2v) is 1.81. The monoisotopic (exact) mass is 259 g/mol. The van der Waals surface area contributed by atoms with E-state index in [9.17, 15) is 4.79 Å².